The second-order valence-electron chi connectivity index (χ2n) is 4.27. The van der Waals surface area contributed by atoms with Crippen LogP contribution in [0.15, 0.2) is 12.3 Å². The van der Waals surface area contributed by atoms with Crippen LogP contribution in [0.1, 0.15) is 19.4 Å². The number of nitrogen functional groups attached to an aromatic ring is 1. The number of hydrogen-bond acceptors (Lipinski definition) is 4. The summed E-state index contributed by atoms with van der Waals surface area (Å²) in [4.78, 5) is 4.22. The highest BCUT2D eigenvalue weighted by Gasteiger charge is 2.16. The summed E-state index contributed by atoms with van der Waals surface area (Å²) in [7, 11) is 1.69. The molecule has 0 aliphatic rings. The summed E-state index contributed by atoms with van der Waals surface area (Å²) in [6.07, 6.45) is 1.79. The van der Waals surface area contributed by atoms with E-state index in [0.717, 1.165) is 5.56 Å². The normalized spacial score (nSPS) is 11.5. The van der Waals surface area contributed by atoms with Gasteiger partial charge in [0.2, 0.25) is 0 Å². The van der Waals surface area contributed by atoms with Gasteiger partial charge in [-0.2, -0.15) is 0 Å². The van der Waals surface area contributed by atoms with E-state index in [9.17, 15) is 0 Å². The molecule has 0 saturated heterocycles. The third-order valence-electron chi connectivity index (χ3n) is 2.29. The van der Waals surface area contributed by atoms with Crippen LogP contribution in [0.5, 0.6) is 0 Å². The highest BCUT2D eigenvalue weighted by atomic mass is 16.5. The molecule has 1 aromatic rings. The van der Waals surface area contributed by atoms with Gasteiger partial charge in [0.05, 0.1) is 11.3 Å². The molecule has 4 nitrogen and oxygen atoms in total. The minimum Gasteiger partial charge on any atom is -0.396 e. The Hall–Kier alpha value is -1.29. The SMILES string of the molecule is COC(C)(C)CNc1ncc(C)cc1N. The zero-order valence-electron chi connectivity index (χ0n) is 9.79. The predicted octanol–water partition coefficient (Wildman–Crippen LogP) is 1.81. The lowest BCUT2D eigenvalue weighted by Crippen LogP contribution is -2.32. The van der Waals surface area contributed by atoms with Crippen LogP contribution in [-0.2, 0) is 4.74 Å². The van der Waals surface area contributed by atoms with Crippen LogP contribution >= 0.6 is 0 Å². The Morgan fingerprint density at radius 2 is 2.20 bits per heavy atom. The number of rotatable bonds is 4. The number of hydrogen-bond donors (Lipinski definition) is 2. The number of pyridine rings is 1. The molecule has 0 aliphatic carbocycles. The van der Waals surface area contributed by atoms with Gasteiger partial charge < -0.3 is 15.8 Å². The third-order valence-corrected chi connectivity index (χ3v) is 2.29. The van der Waals surface area contributed by atoms with Crippen LogP contribution in [0, 0.1) is 6.92 Å². The smallest absolute Gasteiger partial charge is 0.149 e. The number of anilines is 2. The summed E-state index contributed by atoms with van der Waals surface area (Å²) in [6.45, 7) is 6.64. The van der Waals surface area contributed by atoms with E-state index in [4.69, 9.17) is 10.5 Å². The van der Waals surface area contributed by atoms with Crippen molar-refractivity contribution in [3.63, 3.8) is 0 Å². The molecule has 3 N–H and O–H groups in total. The van der Waals surface area contributed by atoms with Crippen molar-refractivity contribution in [2.24, 2.45) is 0 Å². The topological polar surface area (TPSA) is 60.2 Å². The molecule has 0 aliphatic heterocycles. The molecule has 15 heavy (non-hydrogen) atoms. The number of nitrogens with two attached hydrogens (primary N) is 1. The quantitative estimate of drug-likeness (QED) is 0.794. The zero-order valence-corrected chi connectivity index (χ0v) is 9.79. The van der Waals surface area contributed by atoms with E-state index in [1.165, 1.54) is 0 Å². The highest BCUT2D eigenvalue weighted by Crippen LogP contribution is 2.17. The largest absolute Gasteiger partial charge is 0.396 e. The van der Waals surface area contributed by atoms with Crippen LogP contribution in [0.25, 0.3) is 0 Å². The molecule has 4 heteroatoms. The Morgan fingerprint density at radius 3 is 2.73 bits per heavy atom. The summed E-state index contributed by atoms with van der Waals surface area (Å²) in [5.74, 6) is 0.714. The van der Waals surface area contributed by atoms with Crippen LogP contribution in [-0.4, -0.2) is 24.2 Å². The maximum Gasteiger partial charge on any atom is 0.149 e. The lowest BCUT2D eigenvalue weighted by molar-refractivity contribution is 0.0343. The molecule has 84 valence electrons. The van der Waals surface area contributed by atoms with Crippen molar-refractivity contribution >= 4 is 11.5 Å². The van der Waals surface area contributed by atoms with Gasteiger partial charge in [-0.15, -0.1) is 0 Å². The molecule has 0 unspecified atom stereocenters. The van der Waals surface area contributed by atoms with E-state index in [2.05, 4.69) is 10.3 Å². The van der Waals surface area contributed by atoms with E-state index >= 15 is 0 Å². The molecule has 0 fully saturated rings. The number of methoxy groups -OCH3 is 1. The van der Waals surface area contributed by atoms with Gasteiger partial charge in [0.15, 0.2) is 0 Å². The minimum absolute atomic E-state index is 0.223. The number of nitrogens with zero attached hydrogens (tertiary/aromatic N) is 1. The van der Waals surface area contributed by atoms with Crippen molar-refractivity contribution in [3.05, 3.63) is 17.8 Å². The molecule has 1 aromatic heterocycles. The van der Waals surface area contributed by atoms with Crippen LogP contribution in [0.4, 0.5) is 11.5 Å². The first-order valence-corrected chi connectivity index (χ1v) is 4.96. The van der Waals surface area contributed by atoms with E-state index in [1.54, 1.807) is 13.3 Å². The number of aryl methyl sites for hydroxylation is 1. The van der Waals surface area contributed by atoms with Crippen LogP contribution in [0.3, 0.4) is 0 Å². The molecule has 0 amide bonds. The van der Waals surface area contributed by atoms with Crippen LogP contribution in [0.2, 0.25) is 0 Å². The number of ether oxygens (including phenoxy) is 1. The van der Waals surface area contributed by atoms with Gasteiger partial charge in [-0.1, -0.05) is 0 Å². The fourth-order valence-electron chi connectivity index (χ4n) is 1.11. The summed E-state index contributed by atoms with van der Waals surface area (Å²) in [6, 6.07) is 1.90. The Morgan fingerprint density at radius 1 is 1.53 bits per heavy atom. The Bertz CT molecular complexity index is 337. The average Bonchev–Trinajstić information content (AvgIpc) is 2.16. The molecule has 1 heterocycles. The molecular formula is C11H19N3O. The summed E-state index contributed by atoms with van der Waals surface area (Å²) < 4.78 is 5.29. The molecule has 0 atom stereocenters. The van der Waals surface area contributed by atoms with Crippen molar-refractivity contribution in [2.75, 3.05) is 24.7 Å². The third kappa shape index (κ3) is 3.40. The molecule has 1 rings (SSSR count). The lowest BCUT2D eigenvalue weighted by atomic mass is 10.1. The van der Waals surface area contributed by atoms with Crippen molar-refractivity contribution in [2.45, 2.75) is 26.4 Å². The maximum absolute atomic E-state index is 5.83. The second-order valence-corrected chi connectivity index (χ2v) is 4.27. The van der Waals surface area contributed by atoms with Crippen molar-refractivity contribution in [1.29, 1.82) is 0 Å². The Balaban J connectivity index is 2.66. The Kier molecular flexibility index (Phi) is 3.52. The molecule has 0 radical (unpaired) electrons. The first-order chi connectivity index (χ1) is 6.94. The number of nitrogens with one attached hydrogen (secondary N) is 1. The molecule has 0 saturated carbocycles. The number of aromatic nitrogens is 1. The second kappa shape index (κ2) is 4.49. The standard InChI is InChI=1S/C11H19N3O/c1-8-5-9(12)10(13-6-8)14-7-11(2,3)15-4/h5-6H,7,12H2,1-4H3,(H,13,14). The van der Waals surface area contributed by atoms with Gasteiger partial charge >= 0.3 is 0 Å². The van der Waals surface area contributed by atoms with Crippen molar-refractivity contribution in [3.8, 4) is 0 Å². The average molecular weight is 209 g/mol. The maximum atomic E-state index is 5.83. The first-order valence-electron chi connectivity index (χ1n) is 4.96. The molecular weight excluding hydrogens is 190 g/mol. The van der Waals surface area contributed by atoms with Gasteiger partial charge in [-0.25, -0.2) is 4.98 Å². The summed E-state index contributed by atoms with van der Waals surface area (Å²) in [5, 5.41) is 3.17. The first kappa shape index (κ1) is 11.8. The molecule has 0 aromatic carbocycles. The zero-order chi connectivity index (χ0) is 11.5. The molecule has 0 spiro atoms. The van der Waals surface area contributed by atoms with E-state index in [-0.39, 0.29) is 5.60 Å². The monoisotopic (exact) mass is 209 g/mol. The van der Waals surface area contributed by atoms with E-state index in [1.807, 2.05) is 26.8 Å². The van der Waals surface area contributed by atoms with Gasteiger partial charge in [-0.05, 0) is 32.4 Å². The summed E-state index contributed by atoms with van der Waals surface area (Å²) in [5.41, 5.74) is 7.33. The fraction of sp³-hybridized carbons (Fsp3) is 0.545. The Labute approximate surface area is 90.8 Å². The summed E-state index contributed by atoms with van der Waals surface area (Å²) >= 11 is 0. The van der Waals surface area contributed by atoms with E-state index in [0.29, 0.717) is 18.1 Å². The highest BCUT2D eigenvalue weighted by molar-refractivity contribution is 5.61. The van der Waals surface area contributed by atoms with E-state index < -0.39 is 0 Å². The van der Waals surface area contributed by atoms with Crippen molar-refractivity contribution in [1.82, 2.24) is 4.98 Å². The van der Waals surface area contributed by atoms with Gasteiger partial charge in [-0.3, -0.25) is 0 Å². The van der Waals surface area contributed by atoms with Crippen LogP contribution < -0.4 is 11.1 Å². The lowest BCUT2D eigenvalue weighted by Gasteiger charge is -2.23. The van der Waals surface area contributed by atoms with Crippen molar-refractivity contribution < 1.29 is 4.74 Å². The van der Waals surface area contributed by atoms with Gasteiger partial charge in [0, 0.05) is 19.9 Å². The predicted molar refractivity (Wildman–Crippen MR) is 63.0 cm³/mol. The van der Waals surface area contributed by atoms with Gasteiger partial charge in [0.1, 0.15) is 5.82 Å². The minimum atomic E-state index is -0.223. The van der Waals surface area contributed by atoms with Gasteiger partial charge in [0.25, 0.3) is 0 Å². The fourth-order valence-corrected chi connectivity index (χ4v) is 1.11. The molecule has 0 bridgehead atoms.